The highest BCUT2D eigenvalue weighted by Gasteiger charge is 2.21. The molecule has 1 saturated heterocycles. The number of likely N-dealkylation sites (N-methyl/N-ethyl adjacent to an activating group) is 1. The molecule has 2 N–H and O–H groups in total. The van der Waals surface area contributed by atoms with Crippen LogP contribution < -0.4 is 5.73 Å². The summed E-state index contributed by atoms with van der Waals surface area (Å²) in [5.41, 5.74) is 13.8. The summed E-state index contributed by atoms with van der Waals surface area (Å²) in [6.45, 7) is 9.57. The van der Waals surface area contributed by atoms with Gasteiger partial charge in [-0.15, -0.1) is 0 Å². The van der Waals surface area contributed by atoms with Gasteiger partial charge in [-0.3, -0.25) is 4.90 Å². The molecule has 26 heavy (non-hydrogen) atoms. The van der Waals surface area contributed by atoms with Gasteiger partial charge in [0.25, 0.3) is 0 Å². The second-order valence-corrected chi connectivity index (χ2v) is 7.50. The van der Waals surface area contributed by atoms with Gasteiger partial charge in [0.2, 0.25) is 0 Å². The van der Waals surface area contributed by atoms with Crippen LogP contribution in [0.2, 0.25) is 0 Å². The Balaban J connectivity index is 1.81. The maximum Gasteiger partial charge on any atom is 0.137 e. The highest BCUT2D eigenvalue weighted by atomic mass is 15.3. The van der Waals surface area contributed by atoms with E-state index in [4.69, 9.17) is 10.7 Å². The largest absolute Gasteiger partial charge is 0.398 e. The molecule has 0 radical (unpaired) electrons. The predicted octanol–water partition coefficient (Wildman–Crippen LogP) is 2.95. The monoisotopic (exact) mass is 349 g/mol. The van der Waals surface area contributed by atoms with E-state index in [2.05, 4.69) is 53.3 Å². The van der Waals surface area contributed by atoms with Gasteiger partial charge in [-0.25, -0.2) is 4.98 Å². The fraction of sp³-hybridized carbons (Fsp3) is 0.381. The van der Waals surface area contributed by atoms with Crippen molar-refractivity contribution in [3.05, 3.63) is 53.3 Å². The molecule has 5 nitrogen and oxygen atoms in total. The quantitative estimate of drug-likeness (QED) is 0.790. The first-order chi connectivity index (χ1) is 12.5. The van der Waals surface area contributed by atoms with Gasteiger partial charge >= 0.3 is 0 Å². The Bertz CT molecular complexity index is 935. The highest BCUT2D eigenvalue weighted by Crippen LogP contribution is 2.29. The van der Waals surface area contributed by atoms with Crippen LogP contribution in [0.1, 0.15) is 16.8 Å². The number of aromatic nitrogens is 2. The summed E-state index contributed by atoms with van der Waals surface area (Å²) in [5, 5.41) is 0. The smallest absolute Gasteiger partial charge is 0.137 e. The van der Waals surface area contributed by atoms with Crippen LogP contribution in [0.15, 0.2) is 36.5 Å². The number of benzene rings is 1. The average molecular weight is 349 g/mol. The molecule has 0 spiro atoms. The zero-order valence-corrected chi connectivity index (χ0v) is 15.9. The Morgan fingerprint density at radius 2 is 1.81 bits per heavy atom. The Hall–Kier alpha value is -2.37. The van der Waals surface area contributed by atoms with E-state index in [0.29, 0.717) is 0 Å². The molecule has 2 aromatic heterocycles. The molecule has 1 fully saturated rings. The van der Waals surface area contributed by atoms with Gasteiger partial charge in [0, 0.05) is 50.2 Å². The van der Waals surface area contributed by atoms with Crippen LogP contribution in [0.4, 0.5) is 5.69 Å². The zero-order chi connectivity index (χ0) is 18.3. The second kappa shape index (κ2) is 6.74. The summed E-state index contributed by atoms with van der Waals surface area (Å²) in [5.74, 6) is 0. The molecule has 0 aliphatic carbocycles. The van der Waals surface area contributed by atoms with E-state index in [1.54, 1.807) is 0 Å². The summed E-state index contributed by atoms with van der Waals surface area (Å²) in [6.07, 6.45) is 2.00. The molecule has 3 heterocycles. The van der Waals surface area contributed by atoms with Gasteiger partial charge in [0.15, 0.2) is 0 Å². The van der Waals surface area contributed by atoms with Crippen molar-refractivity contribution < 1.29 is 0 Å². The average Bonchev–Trinajstić information content (AvgIpc) is 2.94. The number of rotatable bonds is 3. The third-order valence-electron chi connectivity index (χ3n) is 5.35. The Labute approximate surface area is 155 Å². The minimum absolute atomic E-state index is 0.765. The predicted molar refractivity (Wildman–Crippen MR) is 107 cm³/mol. The van der Waals surface area contributed by atoms with E-state index in [1.807, 2.05) is 18.3 Å². The van der Waals surface area contributed by atoms with Crippen molar-refractivity contribution in [3.8, 4) is 11.3 Å². The summed E-state index contributed by atoms with van der Waals surface area (Å²) < 4.78 is 2.17. The molecule has 1 aliphatic heterocycles. The summed E-state index contributed by atoms with van der Waals surface area (Å²) in [6, 6.07) is 10.5. The topological polar surface area (TPSA) is 49.8 Å². The standard InChI is InChI=1S/C21H27N5/c1-15-4-6-18(16(2)12-15)21-19(14-25-10-8-24(3)9-11-25)26-13-17(22)5-7-20(26)23-21/h4-7,12-13H,8-11,14,22H2,1-3H3. The van der Waals surface area contributed by atoms with Crippen molar-refractivity contribution in [2.45, 2.75) is 20.4 Å². The van der Waals surface area contributed by atoms with Crippen molar-refractivity contribution in [1.82, 2.24) is 19.2 Å². The first kappa shape index (κ1) is 17.1. The highest BCUT2D eigenvalue weighted by molar-refractivity contribution is 5.70. The van der Waals surface area contributed by atoms with Gasteiger partial charge in [-0.1, -0.05) is 23.8 Å². The number of nitrogens with zero attached hydrogens (tertiary/aromatic N) is 4. The fourth-order valence-corrected chi connectivity index (χ4v) is 3.77. The van der Waals surface area contributed by atoms with E-state index in [-0.39, 0.29) is 0 Å². The molecule has 0 unspecified atom stereocenters. The number of nitrogen functional groups attached to an aromatic ring is 1. The van der Waals surface area contributed by atoms with Gasteiger partial charge in [0.05, 0.1) is 11.4 Å². The molecule has 0 saturated carbocycles. The minimum Gasteiger partial charge on any atom is -0.398 e. The molecule has 136 valence electrons. The lowest BCUT2D eigenvalue weighted by molar-refractivity contribution is 0.147. The van der Waals surface area contributed by atoms with Crippen LogP contribution in [0, 0.1) is 13.8 Å². The van der Waals surface area contributed by atoms with Crippen LogP contribution in [0.3, 0.4) is 0 Å². The van der Waals surface area contributed by atoms with Gasteiger partial charge in [-0.2, -0.15) is 0 Å². The number of hydrogen-bond donors (Lipinski definition) is 1. The second-order valence-electron chi connectivity index (χ2n) is 7.50. The first-order valence-corrected chi connectivity index (χ1v) is 9.26. The molecular weight excluding hydrogens is 322 g/mol. The number of fused-ring (bicyclic) bond motifs is 1. The molecule has 4 rings (SSSR count). The summed E-state index contributed by atoms with van der Waals surface area (Å²) in [7, 11) is 2.19. The van der Waals surface area contributed by atoms with E-state index in [1.165, 1.54) is 22.4 Å². The number of imidazole rings is 1. The lowest BCUT2D eigenvalue weighted by atomic mass is 10.0. The van der Waals surface area contributed by atoms with Crippen molar-refractivity contribution in [2.24, 2.45) is 0 Å². The number of hydrogen-bond acceptors (Lipinski definition) is 4. The molecule has 0 atom stereocenters. The Kier molecular flexibility index (Phi) is 4.42. The van der Waals surface area contributed by atoms with E-state index >= 15 is 0 Å². The molecular formula is C21H27N5. The first-order valence-electron chi connectivity index (χ1n) is 9.26. The minimum atomic E-state index is 0.765. The molecule has 0 amide bonds. The number of piperazine rings is 1. The Morgan fingerprint density at radius 3 is 2.54 bits per heavy atom. The molecule has 1 aromatic carbocycles. The van der Waals surface area contributed by atoms with E-state index < -0.39 is 0 Å². The number of aryl methyl sites for hydroxylation is 2. The lowest BCUT2D eigenvalue weighted by Crippen LogP contribution is -2.44. The number of anilines is 1. The maximum atomic E-state index is 6.07. The molecule has 0 bridgehead atoms. The van der Waals surface area contributed by atoms with Crippen LogP contribution >= 0.6 is 0 Å². The van der Waals surface area contributed by atoms with E-state index in [0.717, 1.165) is 49.8 Å². The third-order valence-corrected chi connectivity index (χ3v) is 5.35. The van der Waals surface area contributed by atoms with Crippen LogP contribution in [0.25, 0.3) is 16.9 Å². The summed E-state index contributed by atoms with van der Waals surface area (Å²) >= 11 is 0. The maximum absolute atomic E-state index is 6.07. The van der Waals surface area contributed by atoms with Crippen LogP contribution in [0.5, 0.6) is 0 Å². The van der Waals surface area contributed by atoms with Crippen LogP contribution in [-0.2, 0) is 6.54 Å². The number of nitrogens with two attached hydrogens (primary N) is 1. The van der Waals surface area contributed by atoms with Crippen molar-refractivity contribution >= 4 is 11.3 Å². The van der Waals surface area contributed by atoms with Crippen molar-refractivity contribution in [1.29, 1.82) is 0 Å². The van der Waals surface area contributed by atoms with E-state index in [9.17, 15) is 0 Å². The Morgan fingerprint density at radius 1 is 1.04 bits per heavy atom. The zero-order valence-electron chi connectivity index (χ0n) is 15.9. The molecule has 5 heteroatoms. The third kappa shape index (κ3) is 3.20. The molecule has 1 aliphatic rings. The van der Waals surface area contributed by atoms with Crippen molar-refractivity contribution in [3.63, 3.8) is 0 Å². The normalized spacial score (nSPS) is 16.4. The summed E-state index contributed by atoms with van der Waals surface area (Å²) in [4.78, 5) is 9.86. The van der Waals surface area contributed by atoms with Gasteiger partial charge in [0.1, 0.15) is 5.65 Å². The fourth-order valence-electron chi connectivity index (χ4n) is 3.77. The lowest BCUT2D eigenvalue weighted by Gasteiger charge is -2.32. The SMILES string of the molecule is Cc1ccc(-c2nc3ccc(N)cn3c2CN2CCN(C)CC2)c(C)c1. The molecule has 3 aromatic rings. The van der Waals surface area contributed by atoms with Gasteiger partial charge < -0.3 is 15.0 Å². The van der Waals surface area contributed by atoms with Crippen LogP contribution in [-0.4, -0.2) is 52.4 Å². The number of pyridine rings is 1. The van der Waals surface area contributed by atoms with Crippen molar-refractivity contribution in [2.75, 3.05) is 39.0 Å². The van der Waals surface area contributed by atoms with Gasteiger partial charge in [-0.05, 0) is 38.6 Å².